The number of para-hydroxylation sites is 1. The fourth-order valence-corrected chi connectivity index (χ4v) is 3.11. The average Bonchev–Trinajstić information content (AvgIpc) is 3.28. The Morgan fingerprint density at radius 1 is 1.48 bits per heavy atom. The number of ether oxygens (including phenoxy) is 1. The van der Waals surface area contributed by atoms with Crippen molar-refractivity contribution < 1.29 is 13.9 Å². The lowest BCUT2D eigenvalue weighted by Gasteiger charge is -2.22. The first-order chi connectivity index (χ1) is 12.2. The van der Waals surface area contributed by atoms with Gasteiger partial charge in [-0.1, -0.05) is 19.1 Å². The molecule has 7 heteroatoms. The topological polar surface area (TPSA) is 70.2 Å². The highest BCUT2D eigenvalue weighted by molar-refractivity contribution is 5.92. The highest BCUT2D eigenvalue weighted by Gasteiger charge is 2.23. The number of nitrogens with zero attached hydrogens (tertiary/aromatic N) is 2. The van der Waals surface area contributed by atoms with E-state index in [1.807, 2.05) is 0 Å². The normalized spacial score (nSPS) is 17.6. The molecule has 1 amide bonds. The van der Waals surface area contributed by atoms with E-state index in [0.29, 0.717) is 24.0 Å². The highest BCUT2D eigenvalue weighted by atomic mass is 19.1. The minimum absolute atomic E-state index is 0.119. The van der Waals surface area contributed by atoms with E-state index in [1.54, 1.807) is 24.3 Å². The van der Waals surface area contributed by atoms with Crippen molar-refractivity contribution in [2.45, 2.75) is 32.4 Å². The second kappa shape index (κ2) is 8.11. The summed E-state index contributed by atoms with van der Waals surface area (Å²) in [6.45, 7) is 4.97. The molecule has 0 saturated carbocycles. The molecule has 0 spiro atoms. The van der Waals surface area contributed by atoms with E-state index in [0.717, 1.165) is 19.5 Å². The Morgan fingerprint density at radius 2 is 2.32 bits per heavy atom. The molecule has 1 saturated heterocycles. The van der Waals surface area contributed by atoms with Gasteiger partial charge in [0.2, 0.25) is 0 Å². The molecule has 134 valence electrons. The minimum atomic E-state index is -0.419. The zero-order valence-corrected chi connectivity index (χ0v) is 14.3. The predicted octanol–water partition coefficient (Wildman–Crippen LogP) is 2.34. The number of aromatic nitrogens is 2. The Morgan fingerprint density at radius 3 is 3.12 bits per heavy atom. The maximum Gasteiger partial charge on any atom is 0.271 e. The van der Waals surface area contributed by atoms with Crippen LogP contribution in [0.1, 0.15) is 35.9 Å². The number of hydrogen-bond donors (Lipinski definition) is 2. The van der Waals surface area contributed by atoms with Gasteiger partial charge in [-0.2, -0.15) is 5.10 Å². The molecule has 2 heterocycles. The quantitative estimate of drug-likeness (QED) is 0.807. The summed E-state index contributed by atoms with van der Waals surface area (Å²) in [5, 5.41) is 9.70. The molecule has 25 heavy (non-hydrogen) atoms. The van der Waals surface area contributed by atoms with Crippen LogP contribution < -0.4 is 10.1 Å². The summed E-state index contributed by atoms with van der Waals surface area (Å²) in [4.78, 5) is 14.6. The van der Waals surface area contributed by atoms with Crippen LogP contribution >= 0.6 is 0 Å². The number of rotatable bonds is 7. The average molecular weight is 346 g/mol. The number of carbonyl (C=O) groups is 1. The summed E-state index contributed by atoms with van der Waals surface area (Å²) in [6, 6.07) is 8.22. The smallest absolute Gasteiger partial charge is 0.271 e. The van der Waals surface area contributed by atoms with Gasteiger partial charge < -0.3 is 10.1 Å². The number of carbonyl (C=O) groups excluding carboxylic acids is 1. The van der Waals surface area contributed by atoms with Crippen molar-refractivity contribution in [2.75, 3.05) is 19.6 Å². The first-order valence-corrected chi connectivity index (χ1v) is 8.61. The molecule has 1 aliphatic heterocycles. The molecule has 2 N–H and O–H groups in total. The van der Waals surface area contributed by atoms with Gasteiger partial charge in [0, 0.05) is 12.6 Å². The number of halogens is 1. The van der Waals surface area contributed by atoms with Gasteiger partial charge in [0.05, 0.1) is 5.69 Å². The Hall–Kier alpha value is -2.41. The molecule has 1 aromatic heterocycles. The standard InChI is InChI=1S/C18H23FN4O2/c1-2-23-9-5-6-14(23)11-20-18(24)16-10-13(21-22-16)12-25-17-8-4-3-7-15(17)19/h3-4,7-8,10,14H,2,5-6,9,11-12H2,1H3,(H,20,24)(H,21,22)/t14-/m1/s1. The molecular weight excluding hydrogens is 323 g/mol. The number of aromatic amines is 1. The van der Waals surface area contributed by atoms with Gasteiger partial charge in [0.15, 0.2) is 11.6 Å². The van der Waals surface area contributed by atoms with E-state index in [-0.39, 0.29) is 18.3 Å². The lowest BCUT2D eigenvalue weighted by molar-refractivity contribution is 0.0936. The van der Waals surface area contributed by atoms with Crippen LogP contribution in [0.2, 0.25) is 0 Å². The van der Waals surface area contributed by atoms with E-state index < -0.39 is 5.82 Å². The van der Waals surface area contributed by atoms with Crippen LogP contribution in [0.4, 0.5) is 4.39 Å². The summed E-state index contributed by atoms with van der Waals surface area (Å²) in [5.74, 6) is -0.461. The molecule has 0 radical (unpaired) electrons. The van der Waals surface area contributed by atoms with Gasteiger partial charge in [0.25, 0.3) is 5.91 Å². The molecule has 1 aromatic carbocycles. The van der Waals surface area contributed by atoms with Gasteiger partial charge >= 0.3 is 0 Å². The van der Waals surface area contributed by atoms with Crippen molar-refractivity contribution in [1.29, 1.82) is 0 Å². The first-order valence-electron chi connectivity index (χ1n) is 8.61. The number of nitrogens with one attached hydrogen (secondary N) is 2. The molecule has 6 nitrogen and oxygen atoms in total. The van der Waals surface area contributed by atoms with E-state index in [2.05, 4.69) is 27.3 Å². The van der Waals surface area contributed by atoms with Crippen molar-refractivity contribution in [3.8, 4) is 5.75 Å². The first kappa shape index (κ1) is 17.4. The fourth-order valence-electron chi connectivity index (χ4n) is 3.11. The number of benzene rings is 1. The lowest BCUT2D eigenvalue weighted by Crippen LogP contribution is -2.40. The molecule has 0 unspecified atom stereocenters. The van der Waals surface area contributed by atoms with Crippen LogP contribution in [-0.2, 0) is 6.61 Å². The third-order valence-electron chi connectivity index (χ3n) is 4.49. The molecule has 0 bridgehead atoms. The fraction of sp³-hybridized carbons (Fsp3) is 0.444. The molecule has 1 fully saturated rings. The van der Waals surface area contributed by atoms with Crippen molar-refractivity contribution >= 4 is 5.91 Å². The minimum Gasteiger partial charge on any atom is -0.484 e. The Kier molecular flexibility index (Phi) is 5.65. The SMILES string of the molecule is CCN1CCC[C@@H]1CNC(=O)c1cc(COc2ccccc2F)[nH]n1. The number of amides is 1. The third-order valence-corrected chi connectivity index (χ3v) is 4.49. The Bertz CT molecular complexity index is 719. The van der Waals surface area contributed by atoms with Crippen LogP contribution in [0, 0.1) is 5.82 Å². The molecule has 0 aliphatic carbocycles. The summed E-state index contributed by atoms with van der Waals surface area (Å²) >= 11 is 0. The summed E-state index contributed by atoms with van der Waals surface area (Å²) in [7, 11) is 0. The Balaban J connectivity index is 1.50. The van der Waals surface area contributed by atoms with Gasteiger partial charge in [-0.3, -0.25) is 14.8 Å². The summed E-state index contributed by atoms with van der Waals surface area (Å²) in [5.41, 5.74) is 0.928. The van der Waals surface area contributed by atoms with Crippen molar-refractivity contribution in [3.05, 3.63) is 47.5 Å². The van der Waals surface area contributed by atoms with Crippen molar-refractivity contribution in [1.82, 2.24) is 20.4 Å². The predicted molar refractivity (Wildman–Crippen MR) is 91.9 cm³/mol. The zero-order valence-electron chi connectivity index (χ0n) is 14.3. The van der Waals surface area contributed by atoms with Gasteiger partial charge in [-0.15, -0.1) is 0 Å². The summed E-state index contributed by atoms with van der Waals surface area (Å²) < 4.78 is 18.9. The van der Waals surface area contributed by atoms with Gasteiger partial charge in [-0.25, -0.2) is 4.39 Å². The number of H-pyrrole nitrogens is 1. The zero-order chi connectivity index (χ0) is 17.6. The molecule has 1 aliphatic rings. The van der Waals surface area contributed by atoms with Crippen LogP contribution in [-0.4, -0.2) is 46.7 Å². The number of hydrogen-bond acceptors (Lipinski definition) is 4. The molecular formula is C18H23FN4O2. The van der Waals surface area contributed by atoms with Gasteiger partial charge in [-0.05, 0) is 44.1 Å². The van der Waals surface area contributed by atoms with Crippen molar-refractivity contribution in [3.63, 3.8) is 0 Å². The second-order valence-electron chi connectivity index (χ2n) is 6.13. The lowest BCUT2D eigenvalue weighted by atomic mass is 10.2. The maximum absolute atomic E-state index is 13.5. The Labute approximate surface area is 146 Å². The van der Waals surface area contributed by atoms with E-state index in [1.165, 1.54) is 12.5 Å². The number of likely N-dealkylation sites (tertiary alicyclic amines) is 1. The third kappa shape index (κ3) is 4.36. The van der Waals surface area contributed by atoms with E-state index in [9.17, 15) is 9.18 Å². The molecule has 3 rings (SSSR count). The van der Waals surface area contributed by atoms with Gasteiger partial charge in [0.1, 0.15) is 12.3 Å². The van der Waals surface area contributed by atoms with E-state index in [4.69, 9.17) is 4.74 Å². The number of likely N-dealkylation sites (N-methyl/N-ethyl adjacent to an activating group) is 1. The molecule has 2 aromatic rings. The van der Waals surface area contributed by atoms with Crippen LogP contribution in [0.5, 0.6) is 5.75 Å². The largest absolute Gasteiger partial charge is 0.484 e. The second-order valence-corrected chi connectivity index (χ2v) is 6.13. The monoisotopic (exact) mass is 346 g/mol. The molecule has 1 atom stereocenters. The van der Waals surface area contributed by atoms with Crippen molar-refractivity contribution in [2.24, 2.45) is 0 Å². The highest BCUT2D eigenvalue weighted by Crippen LogP contribution is 2.17. The van der Waals surface area contributed by atoms with Crippen LogP contribution in [0.15, 0.2) is 30.3 Å². The summed E-state index contributed by atoms with van der Waals surface area (Å²) in [6.07, 6.45) is 2.28. The van der Waals surface area contributed by atoms with E-state index >= 15 is 0 Å². The van der Waals surface area contributed by atoms with Crippen LogP contribution in [0.3, 0.4) is 0 Å². The maximum atomic E-state index is 13.5. The van der Waals surface area contributed by atoms with Crippen LogP contribution in [0.25, 0.3) is 0 Å².